The smallest absolute Gasteiger partial charge is 0.344 e. The Morgan fingerprint density at radius 1 is 1.00 bits per heavy atom. The Kier molecular flexibility index (Phi) is 8.13. The number of carbonyl (C=O) groups is 2. The van der Waals surface area contributed by atoms with Gasteiger partial charge in [-0.15, -0.1) is 0 Å². The van der Waals surface area contributed by atoms with Crippen LogP contribution in [0.3, 0.4) is 0 Å². The fourth-order valence-electron chi connectivity index (χ4n) is 2.21. The van der Waals surface area contributed by atoms with Crippen LogP contribution < -0.4 is 9.47 Å². The van der Waals surface area contributed by atoms with Gasteiger partial charge in [-0.3, -0.25) is 4.79 Å². The zero-order chi connectivity index (χ0) is 19.6. The van der Waals surface area contributed by atoms with Crippen LogP contribution in [0, 0.1) is 0 Å². The van der Waals surface area contributed by atoms with E-state index in [1.165, 1.54) is 4.90 Å². The molecule has 0 fully saturated rings. The van der Waals surface area contributed by atoms with E-state index in [4.69, 9.17) is 14.2 Å². The summed E-state index contributed by atoms with van der Waals surface area (Å²) in [7, 11) is 1.66. The molecule has 0 aromatic heterocycles. The summed E-state index contributed by atoms with van der Waals surface area (Å²) in [5, 5.41) is 0. The number of benzene rings is 2. The van der Waals surface area contributed by atoms with Gasteiger partial charge < -0.3 is 19.1 Å². The third-order valence-electron chi connectivity index (χ3n) is 3.59. The number of halogens is 1. The van der Waals surface area contributed by atoms with E-state index in [-0.39, 0.29) is 19.1 Å². The summed E-state index contributed by atoms with van der Waals surface area (Å²) in [6.07, 6.45) is 0. The molecule has 2 aromatic carbocycles. The molecule has 0 aliphatic heterocycles. The predicted molar refractivity (Wildman–Crippen MR) is 105 cm³/mol. The van der Waals surface area contributed by atoms with Crippen molar-refractivity contribution in [2.75, 3.05) is 26.9 Å². The van der Waals surface area contributed by atoms with Crippen molar-refractivity contribution in [1.82, 2.24) is 4.90 Å². The van der Waals surface area contributed by atoms with Gasteiger partial charge in [-0.2, -0.15) is 0 Å². The van der Waals surface area contributed by atoms with Gasteiger partial charge in [0.25, 0.3) is 5.91 Å². The minimum absolute atomic E-state index is 0.258. The molecule has 144 valence electrons. The van der Waals surface area contributed by atoms with Gasteiger partial charge in [-0.05, 0) is 42.8 Å². The monoisotopic (exact) mass is 435 g/mol. The lowest BCUT2D eigenvalue weighted by Gasteiger charge is -2.17. The molecule has 27 heavy (non-hydrogen) atoms. The number of hydrogen-bond donors (Lipinski definition) is 0. The Morgan fingerprint density at radius 2 is 1.74 bits per heavy atom. The van der Waals surface area contributed by atoms with Crippen molar-refractivity contribution in [2.45, 2.75) is 13.5 Å². The Bertz CT molecular complexity index is 763. The zero-order valence-corrected chi connectivity index (χ0v) is 16.9. The van der Waals surface area contributed by atoms with Crippen LogP contribution in [-0.4, -0.2) is 43.6 Å². The van der Waals surface area contributed by atoms with Crippen molar-refractivity contribution < 1.29 is 23.8 Å². The van der Waals surface area contributed by atoms with Gasteiger partial charge in [-0.25, -0.2) is 4.79 Å². The summed E-state index contributed by atoms with van der Waals surface area (Å²) < 4.78 is 16.5. The Labute approximate surface area is 167 Å². The minimum atomic E-state index is -0.599. The first-order valence-electron chi connectivity index (χ1n) is 8.47. The highest BCUT2D eigenvalue weighted by Gasteiger charge is 2.13. The molecule has 0 saturated carbocycles. The van der Waals surface area contributed by atoms with Crippen molar-refractivity contribution in [3.63, 3.8) is 0 Å². The first kappa shape index (κ1) is 20.8. The number of nitrogens with zero attached hydrogens (tertiary/aromatic N) is 1. The zero-order valence-electron chi connectivity index (χ0n) is 15.3. The lowest BCUT2D eigenvalue weighted by Crippen LogP contribution is -2.31. The molecule has 0 unspecified atom stereocenters. The van der Waals surface area contributed by atoms with Crippen molar-refractivity contribution in [3.05, 3.63) is 58.6 Å². The molecule has 2 aromatic rings. The molecule has 1 amide bonds. The van der Waals surface area contributed by atoms with E-state index >= 15 is 0 Å². The molecule has 7 heteroatoms. The van der Waals surface area contributed by atoms with Crippen LogP contribution in [0.1, 0.15) is 12.5 Å². The van der Waals surface area contributed by atoms with Crippen molar-refractivity contribution in [2.24, 2.45) is 0 Å². The topological polar surface area (TPSA) is 65.1 Å². The van der Waals surface area contributed by atoms with E-state index in [1.54, 1.807) is 25.2 Å². The highest BCUT2D eigenvalue weighted by atomic mass is 79.9. The van der Waals surface area contributed by atoms with Gasteiger partial charge in [0.15, 0.2) is 13.2 Å². The summed E-state index contributed by atoms with van der Waals surface area (Å²) in [6.45, 7) is 2.36. The molecular formula is C20H22BrNO5. The molecule has 0 saturated heterocycles. The summed E-state index contributed by atoms with van der Waals surface area (Å²) in [5.74, 6) is 0.437. The summed E-state index contributed by atoms with van der Waals surface area (Å²) in [4.78, 5) is 25.4. The molecule has 2 rings (SSSR count). The van der Waals surface area contributed by atoms with Gasteiger partial charge in [0.1, 0.15) is 11.5 Å². The van der Waals surface area contributed by atoms with E-state index in [1.807, 2.05) is 37.3 Å². The number of rotatable bonds is 9. The van der Waals surface area contributed by atoms with E-state index in [9.17, 15) is 9.59 Å². The van der Waals surface area contributed by atoms with Crippen molar-refractivity contribution >= 4 is 27.8 Å². The highest BCUT2D eigenvalue weighted by Crippen LogP contribution is 2.17. The average molecular weight is 436 g/mol. The molecule has 0 radical (unpaired) electrons. The van der Waals surface area contributed by atoms with Crippen LogP contribution >= 0.6 is 15.9 Å². The average Bonchev–Trinajstić information content (AvgIpc) is 2.66. The van der Waals surface area contributed by atoms with Crippen molar-refractivity contribution in [3.8, 4) is 11.5 Å². The van der Waals surface area contributed by atoms with Crippen LogP contribution in [0.15, 0.2) is 53.0 Å². The summed E-state index contributed by atoms with van der Waals surface area (Å²) >= 11 is 3.32. The maximum absolute atomic E-state index is 12.1. The van der Waals surface area contributed by atoms with Crippen LogP contribution in [0.2, 0.25) is 0 Å². The first-order valence-corrected chi connectivity index (χ1v) is 9.27. The number of esters is 1. The first-order chi connectivity index (χ1) is 13.0. The molecule has 0 aliphatic rings. The Morgan fingerprint density at radius 3 is 2.41 bits per heavy atom. The van der Waals surface area contributed by atoms with Gasteiger partial charge >= 0.3 is 5.97 Å². The van der Waals surface area contributed by atoms with Gasteiger partial charge in [0, 0.05) is 18.1 Å². The second kappa shape index (κ2) is 10.6. The molecule has 0 spiro atoms. The maximum Gasteiger partial charge on any atom is 0.344 e. The molecule has 0 bridgehead atoms. The second-order valence-electron chi connectivity index (χ2n) is 5.73. The number of hydrogen-bond acceptors (Lipinski definition) is 5. The van der Waals surface area contributed by atoms with Crippen LogP contribution in [-0.2, 0) is 20.9 Å². The molecule has 6 nitrogen and oxygen atoms in total. The van der Waals surface area contributed by atoms with Crippen LogP contribution in [0.5, 0.6) is 11.5 Å². The minimum Gasteiger partial charge on any atom is -0.494 e. The lowest BCUT2D eigenvalue weighted by molar-refractivity contribution is -0.153. The lowest BCUT2D eigenvalue weighted by atomic mass is 10.2. The number of carbonyl (C=O) groups excluding carboxylic acids is 2. The third kappa shape index (κ3) is 7.30. The highest BCUT2D eigenvalue weighted by molar-refractivity contribution is 9.10. The standard InChI is InChI=1S/C20H22BrNO5/c1-3-25-17-9-7-15(8-10-17)12-22(2)19(23)13-27-20(24)14-26-18-6-4-5-16(21)11-18/h4-11H,3,12-14H2,1-2H3. The number of likely N-dealkylation sites (N-methyl/N-ethyl adjacent to an activating group) is 1. The summed E-state index contributed by atoms with van der Waals surface area (Å²) in [6, 6.07) is 14.6. The quantitative estimate of drug-likeness (QED) is 0.564. The molecule has 0 aliphatic carbocycles. The van der Waals surface area contributed by atoms with Gasteiger partial charge in [0.05, 0.1) is 6.61 Å². The van der Waals surface area contributed by atoms with Gasteiger partial charge in [0.2, 0.25) is 0 Å². The van der Waals surface area contributed by atoms with Crippen LogP contribution in [0.25, 0.3) is 0 Å². The molecule has 0 heterocycles. The molecular weight excluding hydrogens is 414 g/mol. The Hall–Kier alpha value is -2.54. The number of amides is 1. The SMILES string of the molecule is CCOc1ccc(CN(C)C(=O)COC(=O)COc2cccc(Br)c2)cc1. The van der Waals surface area contributed by atoms with E-state index < -0.39 is 5.97 Å². The van der Waals surface area contributed by atoms with Crippen molar-refractivity contribution in [1.29, 1.82) is 0 Å². The largest absolute Gasteiger partial charge is 0.494 e. The maximum atomic E-state index is 12.1. The number of ether oxygens (including phenoxy) is 3. The predicted octanol–water partition coefficient (Wildman–Crippen LogP) is 3.43. The third-order valence-corrected chi connectivity index (χ3v) is 4.08. The normalized spacial score (nSPS) is 10.2. The van der Waals surface area contributed by atoms with E-state index in [0.717, 1.165) is 15.8 Å². The van der Waals surface area contributed by atoms with Crippen LogP contribution in [0.4, 0.5) is 0 Å². The summed E-state index contributed by atoms with van der Waals surface area (Å²) in [5.41, 5.74) is 0.957. The Balaban J connectivity index is 1.72. The van der Waals surface area contributed by atoms with E-state index in [2.05, 4.69) is 15.9 Å². The molecule has 0 atom stereocenters. The fraction of sp³-hybridized carbons (Fsp3) is 0.300. The fourth-order valence-corrected chi connectivity index (χ4v) is 2.59. The molecule has 0 N–H and O–H groups in total. The van der Waals surface area contributed by atoms with Gasteiger partial charge in [-0.1, -0.05) is 34.1 Å². The van der Waals surface area contributed by atoms with E-state index in [0.29, 0.717) is 18.9 Å². The second-order valence-corrected chi connectivity index (χ2v) is 6.65.